The van der Waals surface area contributed by atoms with Gasteiger partial charge in [-0.15, -0.1) is 6.92 Å². The van der Waals surface area contributed by atoms with Crippen molar-refractivity contribution in [1.29, 1.82) is 0 Å². The molecule has 0 aliphatic carbocycles. The average molecular weight is 394 g/mol. The van der Waals surface area contributed by atoms with E-state index in [2.05, 4.69) is 23.8 Å². The fraction of sp³-hybridized carbons (Fsp3) is 0.500. The summed E-state index contributed by atoms with van der Waals surface area (Å²) in [6.07, 6.45) is 3.16. The molecule has 0 fully saturated rings. The molecular formula is C8H11NWY-2. The van der Waals surface area contributed by atoms with Crippen LogP contribution in [0.2, 0.25) is 0 Å². The molecule has 3 heteroatoms. The number of aryl methyl sites for hydroxylation is 3. The molecule has 0 aliphatic heterocycles. The first-order chi connectivity index (χ1) is 4.24. The molecule has 1 aromatic rings. The van der Waals surface area contributed by atoms with Crippen LogP contribution in [0.25, 0.3) is 0 Å². The van der Waals surface area contributed by atoms with Crippen LogP contribution in [0.4, 0.5) is 0 Å². The van der Waals surface area contributed by atoms with Gasteiger partial charge in [0.15, 0.2) is 0 Å². The van der Waals surface area contributed by atoms with Crippen LogP contribution in [0, 0.1) is 26.1 Å². The minimum atomic E-state index is 0. The number of aromatic nitrogens is 1. The van der Waals surface area contributed by atoms with Crippen LogP contribution in [0.3, 0.4) is 0 Å². The Hall–Kier alpha value is 1.07. The molecule has 0 bridgehead atoms. The quantitative estimate of drug-likeness (QED) is 0.640. The van der Waals surface area contributed by atoms with Crippen molar-refractivity contribution in [1.82, 2.24) is 4.57 Å². The second-order valence-corrected chi connectivity index (χ2v) is 2.19. The van der Waals surface area contributed by atoms with E-state index in [1.807, 2.05) is 13.8 Å². The Balaban J connectivity index is 0. The molecule has 1 nitrogen and oxygen atoms in total. The number of hydrogen-bond acceptors (Lipinski definition) is 0. The van der Waals surface area contributed by atoms with Gasteiger partial charge in [0.1, 0.15) is 0 Å². The summed E-state index contributed by atoms with van der Waals surface area (Å²) < 4.78 is 2.06. The van der Waals surface area contributed by atoms with Crippen molar-refractivity contribution in [3.8, 4) is 0 Å². The summed E-state index contributed by atoms with van der Waals surface area (Å²) in [6, 6.07) is 3.17. The predicted molar refractivity (Wildman–Crippen MR) is 37.3 cm³/mol. The van der Waals surface area contributed by atoms with Crippen molar-refractivity contribution >= 4 is 0 Å². The Morgan fingerprint density at radius 3 is 2.09 bits per heavy atom. The third kappa shape index (κ3) is 4.01. The maximum atomic E-state index is 3.17. The summed E-state index contributed by atoms with van der Waals surface area (Å²) in [5.41, 5.74) is 2.28. The van der Waals surface area contributed by atoms with Gasteiger partial charge in [-0.1, -0.05) is 13.8 Å². The van der Waals surface area contributed by atoms with E-state index in [-0.39, 0.29) is 53.8 Å². The second-order valence-electron chi connectivity index (χ2n) is 2.19. The molecule has 1 heterocycles. The molecule has 11 heavy (non-hydrogen) atoms. The van der Waals surface area contributed by atoms with Crippen molar-refractivity contribution in [2.24, 2.45) is 0 Å². The van der Waals surface area contributed by atoms with E-state index in [1.165, 1.54) is 5.69 Å². The SMILES string of the molecule is CCn1[c-]c(C)[c-]c1C.[W].[Y]. The van der Waals surface area contributed by atoms with Gasteiger partial charge in [0, 0.05) is 53.8 Å². The largest absolute Gasteiger partial charge is 0.592 e. The standard InChI is InChI=1S/C8H11N.W.Y/c1-4-9-6-7(2)5-8(9)3;;/h4H2,1-3H3;;/q-2;;. The number of rotatable bonds is 1. The zero-order chi connectivity index (χ0) is 6.85. The molecule has 0 N–H and O–H groups in total. The minimum absolute atomic E-state index is 0. The van der Waals surface area contributed by atoms with E-state index in [0.717, 1.165) is 12.1 Å². The van der Waals surface area contributed by atoms with Crippen LogP contribution in [-0.4, -0.2) is 4.57 Å². The first-order valence-corrected chi connectivity index (χ1v) is 3.22. The molecule has 0 aromatic carbocycles. The Morgan fingerprint density at radius 2 is 1.91 bits per heavy atom. The summed E-state index contributed by atoms with van der Waals surface area (Å²) in [5, 5.41) is 0. The predicted octanol–water partition coefficient (Wildman–Crippen LogP) is 1.72. The van der Waals surface area contributed by atoms with E-state index in [1.54, 1.807) is 0 Å². The maximum absolute atomic E-state index is 3.17. The van der Waals surface area contributed by atoms with Gasteiger partial charge >= 0.3 is 0 Å². The van der Waals surface area contributed by atoms with E-state index < -0.39 is 0 Å². The number of nitrogens with zero attached hydrogens (tertiary/aromatic N) is 1. The minimum Gasteiger partial charge on any atom is -0.592 e. The molecular weight excluding hydrogens is 383 g/mol. The molecule has 0 aliphatic rings. The molecule has 0 unspecified atom stereocenters. The third-order valence-corrected chi connectivity index (χ3v) is 1.39. The summed E-state index contributed by atoms with van der Waals surface area (Å²) in [6.45, 7) is 7.17. The smallest absolute Gasteiger partial charge is 0 e. The van der Waals surface area contributed by atoms with Crippen LogP contribution in [0.5, 0.6) is 0 Å². The fourth-order valence-corrected chi connectivity index (χ4v) is 0.969. The molecule has 1 radical (unpaired) electrons. The summed E-state index contributed by atoms with van der Waals surface area (Å²) in [5.74, 6) is 0. The van der Waals surface area contributed by atoms with Crippen LogP contribution in [0.1, 0.15) is 18.2 Å². The first kappa shape index (κ1) is 14.6. The van der Waals surface area contributed by atoms with Gasteiger partial charge < -0.3 is 21.9 Å². The molecule has 1 aromatic heterocycles. The van der Waals surface area contributed by atoms with Gasteiger partial charge in [0.05, 0.1) is 0 Å². The van der Waals surface area contributed by atoms with Crippen LogP contribution >= 0.6 is 0 Å². The molecule has 0 saturated heterocycles. The molecule has 0 atom stereocenters. The van der Waals surface area contributed by atoms with Gasteiger partial charge in [-0.05, 0) is 6.54 Å². The topological polar surface area (TPSA) is 4.93 Å². The molecule has 1 rings (SSSR count). The summed E-state index contributed by atoms with van der Waals surface area (Å²) >= 11 is 0. The van der Waals surface area contributed by atoms with Gasteiger partial charge in [-0.3, -0.25) is 6.20 Å². The van der Waals surface area contributed by atoms with Crippen molar-refractivity contribution in [3.63, 3.8) is 0 Å². The van der Waals surface area contributed by atoms with Gasteiger partial charge in [0.2, 0.25) is 0 Å². The van der Waals surface area contributed by atoms with E-state index in [4.69, 9.17) is 0 Å². The second kappa shape index (κ2) is 6.57. The summed E-state index contributed by atoms with van der Waals surface area (Å²) in [7, 11) is 0. The molecule has 59 valence electrons. The van der Waals surface area contributed by atoms with E-state index in [9.17, 15) is 0 Å². The van der Waals surface area contributed by atoms with Crippen molar-refractivity contribution < 1.29 is 53.8 Å². The third-order valence-electron chi connectivity index (χ3n) is 1.39. The van der Waals surface area contributed by atoms with Crippen molar-refractivity contribution in [2.45, 2.75) is 27.3 Å². The molecule has 0 spiro atoms. The first-order valence-electron chi connectivity index (χ1n) is 3.22. The monoisotopic (exact) mass is 394 g/mol. The van der Waals surface area contributed by atoms with E-state index >= 15 is 0 Å². The molecule has 0 saturated carbocycles. The fourth-order valence-electron chi connectivity index (χ4n) is 0.969. The summed E-state index contributed by atoms with van der Waals surface area (Å²) in [4.78, 5) is 0. The van der Waals surface area contributed by atoms with Gasteiger partial charge in [-0.2, -0.15) is 0 Å². The van der Waals surface area contributed by atoms with Crippen molar-refractivity contribution in [2.75, 3.05) is 0 Å². The van der Waals surface area contributed by atoms with Crippen molar-refractivity contribution in [3.05, 3.63) is 23.5 Å². The van der Waals surface area contributed by atoms with Crippen LogP contribution < -0.4 is 0 Å². The Kier molecular flexibility index (Phi) is 8.72. The van der Waals surface area contributed by atoms with Gasteiger partial charge in [0.25, 0.3) is 0 Å². The number of hydrogen-bond donors (Lipinski definition) is 0. The van der Waals surface area contributed by atoms with Gasteiger partial charge in [-0.25, -0.2) is 0 Å². The Morgan fingerprint density at radius 1 is 1.36 bits per heavy atom. The zero-order valence-electron chi connectivity index (χ0n) is 7.14. The van der Waals surface area contributed by atoms with Crippen LogP contribution in [-0.2, 0) is 60.3 Å². The Bertz CT molecular complexity index is 208. The molecule has 0 amide bonds. The average Bonchev–Trinajstić information content (AvgIpc) is 2.10. The normalized spacial score (nSPS) is 8.27. The van der Waals surface area contributed by atoms with Crippen LogP contribution in [0.15, 0.2) is 0 Å². The maximum Gasteiger partial charge on any atom is 0 e. The zero-order valence-corrected chi connectivity index (χ0v) is 12.9. The Labute approximate surface area is 108 Å². The van der Waals surface area contributed by atoms with E-state index in [0.29, 0.717) is 0 Å².